The summed E-state index contributed by atoms with van der Waals surface area (Å²) in [5.74, 6) is -0.0200. The van der Waals surface area contributed by atoms with Gasteiger partial charge in [-0.2, -0.15) is 0 Å². The molecule has 38 heavy (non-hydrogen) atoms. The molecule has 2 aliphatic heterocycles. The fourth-order valence-electron chi connectivity index (χ4n) is 4.63. The number of benzene rings is 2. The van der Waals surface area contributed by atoms with E-state index in [1.807, 2.05) is 59.5 Å². The smallest absolute Gasteiger partial charge is 0.289 e. The van der Waals surface area contributed by atoms with Crippen molar-refractivity contribution in [1.82, 2.24) is 4.98 Å². The van der Waals surface area contributed by atoms with Gasteiger partial charge in [-0.3, -0.25) is 10.2 Å². The first-order valence-corrected chi connectivity index (χ1v) is 13.5. The molecular formula is C27H29N7O3S. The molecule has 0 spiro atoms. The number of para-hydroxylation sites is 3. The zero-order valence-electron chi connectivity index (χ0n) is 20.8. The Morgan fingerprint density at radius 2 is 1.87 bits per heavy atom. The summed E-state index contributed by atoms with van der Waals surface area (Å²) >= 11 is 1.61. The van der Waals surface area contributed by atoms with Crippen LogP contribution in [0.3, 0.4) is 0 Å². The molecule has 1 aliphatic carbocycles. The van der Waals surface area contributed by atoms with E-state index in [2.05, 4.69) is 15.2 Å². The quantitative estimate of drug-likeness (QED) is 0.338. The Bertz CT molecular complexity index is 1370. The summed E-state index contributed by atoms with van der Waals surface area (Å²) in [6, 6.07) is 16.3. The number of anilines is 4. The third-order valence-electron chi connectivity index (χ3n) is 6.73. The lowest BCUT2D eigenvalue weighted by atomic mass is 10.2. The molecule has 1 amide bonds. The van der Waals surface area contributed by atoms with Crippen molar-refractivity contribution >= 4 is 51.2 Å². The summed E-state index contributed by atoms with van der Waals surface area (Å²) in [5, 5.41) is 13.5. The lowest BCUT2D eigenvalue weighted by Crippen LogP contribution is -2.37. The summed E-state index contributed by atoms with van der Waals surface area (Å²) in [5.41, 5.74) is 9.12. The first-order chi connectivity index (χ1) is 18.6. The van der Waals surface area contributed by atoms with Gasteiger partial charge in [-0.1, -0.05) is 30.3 Å². The number of thiazole rings is 1. The monoisotopic (exact) mass is 531 g/mol. The number of ether oxygens (including phenoxy) is 2. The number of amidine groups is 1. The summed E-state index contributed by atoms with van der Waals surface area (Å²) in [6.07, 6.45) is 2.23. The molecule has 1 saturated carbocycles. The van der Waals surface area contributed by atoms with Crippen molar-refractivity contribution in [2.24, 2.45) is 10.7 Å². The average molecular weight is 532 g/mol. The Balaban J connectivity index is 1.25. The lowest BCUT2D eigenvalue weighted by molar-refractivity contribution is -0.117. The molecule has 3 aliphatic rings. The molecule has 1 saturated heterocycles. The zero-order valence-corrected chi connectivity index (χ0v) is 21.6. The maximum Gasteiger partial charge on any atom is 0.289 e. The summed E-state index contributed by atoms with van der Waals surface area (Å²) in [4.78, 5) is 26.5. The number of fused-ring (bicyclic) bond motifs is 1. The van der Waals surface area contributed by atoms with Crippen LogP contribution in [0.25, 0.3) is 0 Å². The molecule has 4 N–H and O–H groups in total. The second-order valence-corrected chi connectivity index (χ2v) is 10.5. The van der Waals surface area contributed by atoms with Crippen molar-refractivity contribution in [3.8, 4) is 0 Å². The van der Waals surface area contributed by atoms with Gasteiger partial charge in [-0.05, 0) is 37.1 Å². The van der Waals surface area contributed by atoms with Gasteiger partial charge in [0.15, 0.2) is 11.7 Å². The highest BCUT2D eigenvalue weighted by Gasteiger charge is 2.33. The van der Waals surface area contributed by atoms with Gasteiger partial charge in [0.05, 0.1) is 36.1 Å². The van der Waals surface area contributed by atoms with Gasteiger partial charge in [0.1, 0.15) is 5.00 Å². The molecule has 0 bridgehead atoms. The van der Waals surface area contributed by atoms with Gasteiger partial charge in [-0.15, -0.1) is 11.3 Å². The zero-order chi connectivity index (χ0) is 26.1. The topological polar surface area (TPSA) is 129 Å². The fraction of sp³-hybridized carbons (Fsp3) is 0.333. The molecule has 196 valence electrons. The van der Waals surface area contributed by atoms with Crippen molar-refractivity contribution in [2.45, 2.75) is 24.8 Å². The van der Waals surface area contributed by atoms with Crippen molar-refractivity contribution in [3.63, 3.8) is 0 Å². The number of carbonyl (C=O) groups excluding carboxylic acids is 1. The van der Waals surface area contributed by atoms with Crippen molar-refractivity contribution < 1.29 is 14.3 Å². The molecule has 3 heterocycles. The fourth-order valence-corrected chi connectivity index (χ4v) is 5.92. The normalized spacial score (nSPS) is 19.9. The van der Waals surface area contributed by atoms with Gasteiger partial charge >= 0.3 is 0 Å². The van der Waals surface area contributed by atoms with Crippen LogP contribution in [0.15, 0.2) is 59.6 Å². The number of morpholine rings is 1. The number of amides is 1. The molecular weight excluding hydrogens is 502 g/mol. The number of nitrogens with two attached hydrogens (primary N) is 1. The lowest BCUT2D eigenvalue weighted by Gasteiger charge is -2.27. The first kappa shape index (κ1) is 24.4. The third kappa shape index (κ3) is 5.07. The minimum atomic E-state index is -0.855. The SMILES string of the molecule is N=C(OC(N)=NC1CN(c2ccccc2)c2ccccc2NC1=O)c1nc(C2CC2)sc1N1CCOCC1. The standard InChI is InChI=1S/C27H29N7O3S/c28-23(22-26(33-12-14-36-15-13-33)38-25(32-22)17-10-11-17)37-27(29)31-20-16-34(18-6-2-1-3-7-18)21-9-5-4-8-19(21)30-24(20)35/h1-9,17,20,28H,10-16H2,(H2,29,31)(H,30,35). The molecule has 1 aromatic heterocycles. The molecule has 0 radical (unpaired) electrons. The highest BCUT2D eigenvalue weighted by molar-refractivity contribution is 7.16. The summed E-state index contributed by atoms with van der Waals surface area (Å²) in [7, 11) is 0. The maximum atomic E-state index is 13.2. The Hall–Kier alpha value is -3.96. The van der Waals surface area contributed by atoms with E-state index in [-0.39, 0.29) is 24.4 Å². The van der Waals surface area contributed by atoms with Crippen LogP contribution in [0.5, 0.6) is 0 Å². The Morgan fingerprint density at radius 3 is 2.63 bits per heavy atom. The summed E-state index contributed by atoms with van der Waals surface area (Å²) in [6.45, 7) is 2.98. The molecule has 6 rings (SSSR count). The van der Waals surface area contributed by atoms with Gasteiger partial charge in [-0.25, -0.2) is 9.98 Å². The second-order valence-electron chi connectivity index (χ2n) is 9.45. The molecule has 2 fully saturated rings. The van der Waals surface area contributed by atoms with Crippen LogP contribution in [-0.4, -0.2) is 61.7 Å². The maximum absolute atomic E-state index is 13.2. The van der Waals surface area contributed by atoms with Crippen LogP contribution in [0.2, 0.25) is 0 Å². The minimum absolute atomic E-state index is 0.173. The largest absolute Gasteiger partial charge is 0.405 e. The first-order valence-electron chi connectivity index (χ1n) is 12.7. The third-order valence-corrected chi connectivity index (χ3v) is 8.01. The number of carbonyl (C=O) groups is 1. The molecule has 3 aromatic rings. The van der Waals surface area contributed by atoms with E-state index in [4.69, 9.17) is 25.6 Å². The molecule has 11 heteroatoms. The number of hydrogen-bond acceptors (Lipinski definition) is 9. The van der Waals surface area contributed by atoms with Crippen LogP contribution in [0.4, 0.5) is 22.1 Å². The average Bonchev–Trinajstić information content (AvgIpc) is 3.71. The molecule has 1 unspecified atom stereocenters. The van der Waals surface area contributed by atoms with Gasteiger partial charge < -0.3 is 30.3 Å². The highest BCUT2D eigenvalue weighted by atomic mass is 32.1. The number of rotatable bonds is 5. The summed E-state index contributed by atoms with van der Waals surface area (Å²) < 4.78 is 11.2. The molecule has 1 atom stereocenters. The van der Waals surface area contributed by atoms with Gasteiger partial charge in [0.2, 0.25) is 5.90 Å². The van der Waals surface area contributed by atoms with E-state index in [0.29, 0.717) is 30.5 Å². The highest BCUT2D eigenvalue weighted by Crippen LogP contribution is 2.45. The van der Waals surface area contributed by atoms with Crippen LogP contribution in [0, 0.1) is 5.41 Å². The Kier molecular flexibility index (Phi) is 6.69. The van der Waals surface area contributed by atoms with E-state index in [1.165, 1.54) is 0 Å². The van der Waals surface area contributed by atoms with Crippen LogP contribution >= 0.6 is 11.3 Å². The van der Waals surface area contributed by atoms with Gasteiger partial charge in [0, 0.05) is 24.7 Å². The Morgan fingerprint density at radius 1 is 1.13 bits per heavy atom. The van der Waals surface area contributed by atoms with Crippen LogP contribution in [-0.2, 0) is 14.3 Å². The molecule has 10 nitrogen and oxygen atoms in total. The number of aromatic nitrogens is 1. The minimum Gasteiger partial charge on any atom is -0.405 e. The van der Waals surface area contributed by atoms with Crippen LogP contribution in [0.1, 0.15) is 29.5 Å². The van der Waals surface area contributed by atoms with Crippen molar-refractivity contribution in [2.75, 3.05) is 48.0 Å². The van der Waals surface area contributed by atoms with Crippen LogP contribution < -0.4 is 20.9 Å². The number of aliphatic imine (C=N–C) groups is 1. The van der Waals surface area contributed by atoms with Crippen molar-refractivity contribution in [3.05, 3.63) is 65.3 Å². The van der Waals surface area contributed by atoms with E-state index >= 15 is 0 Å². The number of nitrogens with zero attached hydrogens (tertiary/aromatic N) is 4. The predicted octanol–water partition coefficient (Wildman–Crippen LogP) is 3.67. The van der Waals surface area contributed by atoms with E-state index in [9.17, 15) is 4.79 Å². The number of hydrogen-bond donors (Lipinski definition) is 3. The van der Waals surface area contributed by atoms with E-state index < -0.39 is 6.04 Å². The Labute approximate surface area is 224 Å². The van der Waals surface area contributed by atoms with E-state index in [0.717, 1.165) is 47.3 Å². The number of nitrogens with one attached hydrogen (secondary N) is 2. The second kappa shape index (κ2) is 10.4. The van der Waals surface area contributed by atoms with E-state index in [1.54, 1.807) is 11.3 Å². The molecule has 2 aromatic carbocycles. The predicted molar refractivity (Wildman–Crippen MR) is 149 cm³/mol. The van der Waals surface area contributed by atoms with Crippen molar-refractivity contribution in [1.29, 1.82) is 5.41 Å². The van der Waals surface area contributed by atoms with Gasteiger partial charge in [0.25, 0.3) is 11.9 Å².